The lowest BCUT2D eigenvalue weighted by Gasteiger charge is -2.07. The molecule has 1 heterocycles. The van der Waals surface area contributed by atoms with Crippen molar-refractivity contribution in [1.82, 2.24) is 4.98 Å². The normalized spacial score (nSPS) is 10.1. The van der Waals surface area contributed by atoms with Crippen LogP contribution in [0.1, 0.15) is 22.6 Å². The van der Waals surface area contributed by atoms with Crippen LogP contribution in [0.4, 0.5) is 0 Å². The van der Waals surface area contributed by atoms with Crippen LogP contribution in [0, 0.1) is 25.7 Å². The van der Waals surface area contributed by atoms with E-state index in [2.05, 4.69) is 16.8 Å². The van der Waals surface area contributed by atoms with Crippen LogP contribution in [0.25, 0.3) is 0 Å². The maximum Gasteiger partial charge on any atom is 0.256 e. The number of ether oxygens (including phenoxy) is 1. The van der Waals surface area contributed by atoms with Crippen molar-refractivity contribution >= 4 is 11.8 Å². The molecular weight excluding hydrogens is 284 g/mol. The van der Waals surface area contributed by atoms with Crippen LogP contribution < -0.4 is 10.5 Å². The zero-order chi connectivity index (χ0) is 15.2. The van der Waals surface area contributed by atoms with Crippen LogP contribution >= 0.6 is 11.8 Å². The highest BCUT2D eigenvalue weighted by molar-refractivity contribution is 7.98. The molecule has 2 aromatic rings. The van der Waals surface area contributed by atoms with Crippen molar-refractivity contribution in [2.24, 2.45) is 5.73 Å². The molecule has 1 aromatic heterocycles. The predicted octanol–water partition coefficient (Wildman–Crippen LogP) is 2.90. The number of oxazole rings is 1. The van der Waals surface area contributed by atoms with Gasteiger partial charge in [-0.1, -0.05) is 23.6 Å². The molecule has 0 saturated heterocycles. The van der Waals surface area contributed by atoms with E-state index in [4.69, 9.17) is 14.9 Å². The fourth-order valence-electron chi connectivity index (χ4n) is 1.77. The second-order valence-electron chi connectivity index (χ2n) is 4.44. The van der Waals surface area contributed by atoms with Gasteiger partial charge in [0, 0.05) is 16.9 Å². The molecule has 0 atom stereocenters. The maximum absolute atomic E-state index is 5.57. The van der Waals surface area contributed by atoms with Gasteiger partial charge in [0.05, 0.1) is 19.3 Å². The van der Waals surface area contributed by atoms with E-state index < -0.39 is 0 Å². The van der Waals surface area contributed by atoms with E-state index in [0.29, 0.717) is 17.5 Å². The summed E-state index contributed by atoms with van der Waals surface area (Å²) in [5, 5.41) is 0.672. The van der Waals surface area contributed by atoms with Crippen LogP contribution in [-0.2, 0) is 5.75 Å². The number of aryl methyl sites for hydroxylation is 2. The van der Waals surface area contributed by atoms with Crippen molar-refractivity contribution in [3.8, 4) is 17.6 Å². The van der Waals surface area contributed by atoms with E-state index in [-0.39, 0.29) is 0 Å². The molecule has 0 aliphatic heterocycles. The lowest BCUT2D eigenvalue weighted by Crippen LogP contribution is -1.94. The number of hydrogen-bond donors (Lipinski definition) is 1. The summed E-state index contributed by atoms with van der Waals surface area (Å²) in [7, 11) is 1.66. The summed E-state index contributed by atoms with van der Waals surface area (Å²) in [5.41, 5.74) is 8.30. The van der Waals surface area contributed by atoms with Crippen molar-refractivity contribution in [2.75, 3.05) is 13.7 Å². The number of thioether (sulfide) groups is 1. The molecule has 2 rings (SSSR count). The smallest absolute Gasteiger partial charge is 0.256 e. The van der Waals surface area contributed by atoms with Gasteiger partial charge < -0.3 is 14.9 Å². The second-order valence-corrected chi connectivity index (χ2v) is 5.37. The molecule has 0 aliphatic rings. The third kappa shape index (κ3) is 4.03. The van der Waals surface area contributed by atoms with Gasteiger partial charge in [0.2, 0.25) is 0 Å². The van der Waals surface area contributed by atoms with Gasteiger partial charge in [-0.15, -0.1) is 0 Å². The first kappa shape index (κ1) is 15.5. The Morgan fingerprint density at radius 1 is 1.38 bits per heavy atom. The predicted molar refractivity (Wildman–Crippen MR) is 84.5 cm³/mol. The lowest BCUT2D eigenvalue weighted by molar-refractivity contribution is 0.411. The molecule has 0 amide bonds. The molecule has 1 aromatic carbocycles. The average molecular weight is 302 g/mol. The number of rotatable bonds is 4. The van der Waals surface area contributed by atoms with Crippen LogP contribution in [0.3, 0.4) is 0 Å². The zero-order valence-corrected chi connectivity index (χ0v) is 13.2. The van der Waals surface area contributed by atoms with Gasteiger partial charge in [0.1, 0.15) is 11.5 Å². The first-order valence-corrected chi connectivity index (χ1v) is 7.55. The number of methoxy groups -OCH3 is 1. The van der Waals surface area contributed by atoms with Gasteiger partial charge in [-0.05, 0) is 32.0 Å². The van der Waals surface area contributed by atoms with Crippen molar-refractivity contribution in [1.29, 1.82) is 0 Å². The Hall–Kier alpha value is -1.90. The molecule has 0 saturated carbocycles. The van der Waals surface area contributed by atoms with Crippen molar-refractivity contribution in [3.05, 3.63) is 40.8 Å². The molecule has 0 aliphatic carbocycles. The topological polar surface area (TPSA) is 61.3 Å². The summed E-state index contributed by atoms with van der Waals surface area (Å²) in [5.74, 6) is 8.28. The average Bonchev–Trinajstić information content (AvgIpc) is 2.81. The van der Waals surface area contributed by atoms with E-state index in [1.165, 1.54) is 11.8 Å². The molecule has 4 nitrogen and oxygen atoms in total. The summed E-state index contributed by atoms with van der Waals surface area (Å²) in [6, 6.07) is 5.86. The minimum Gasteiger partial charge on any atom is -0.496 e. The van der Waals surface area contributed by atoms with Gasteiger partial charge >= 0.3 is 0 Å². The molecule has 0 radical (unpaired) electrons. The summed E-state index contributed by atoms with van der Waals surface area (Å²) < 4.78 is 11.0. The molecule has 0 bridgehead atoms. The SMILES string of the molecule is COc1ccc(C#CCN)cc1CSc1nc(C)c(C)o1. The summed E-state index contributed by atoms with van der Waals surface area (Å²) in [6.07, 6.45) is 0. The minimum absolute atomic E-state index is 0.352. The fourth-order valence-corrected chi connectivity index (χ4v) is 2.66. The number of nitrogens with zero attached hydrogens (tertiary/aromatic N) is 1. The number of benzene rings is 1. The van der Waals surface area contributed by atoms with E-state index >= 15 is 0 Å². The summed E-state index contributed by atoms with van der Waals surface area (Å²) in [6.45, 7) is 4.20. The fraction of sp³-hybridized carbons (Fsp3) is 0.312. The van der Waals surface area contributed by atoms with Crippen LogP contribution in [0.15, 0.2) is 27.8 Å². The van der Waals surface area contributed by atoms with Gasteiger partial charge in [0.25, 0.3) is 5.22 Å². The Morgan fingerprint density at radius 2 is 2.19 bits per heavy atom. The standard InChI is InChI=1S/C16H18N2O2S/c1-11-12(2)20-16(18-11)21-10-14-9-13(5-4-8-17)6-7-15(14)19-3/h6-7,9H,8,10,17H2,1-3H3. The molecule has 0 spiro atoms. The Bertz CT molecular complexity index is 664. The number of hydrogen-bond acceptors (Lipinski definition) is 5. The molecule has 0 unspecified atom stereocenters. The zero-order valence-electron chi connectivity index (χ0n) is 12.4. The summed E-state index contributed by atoms with van der Waals surface area (Å²) in [4.78, 5) is 4.36. The van der Waals surface area contributed by atoms with Crippen LogP contribution in [-0.4, -0.2) is 18.6 Å². The number of nitrogens with two attached hydrogens (primary N) is 1. The Labute approximate surface area is 129 Å². The first-order valence-electron chi connectivity index (χ1n) is 6.56. The Morgan fingerprint density at radius 3 is 2.81 bits per heavy atom. The monoisotopic (exact) mass is 302 g/mol. The van der Waals surface area contributed by atoms with Crippen molar-refractivity contribution < 1.29 is 9.15 Å². The van der Waals surface area contributed by atoms with Crippen LogP contribution in [0.5, 0.6) is 5.75 Å². The highest BCUT2D eigenvalue weighted by atomic mass is 32.2. The first-order chi connectivity index (χ1) is 10.1. The highest BCUT2D eigenvalue weighted by Crippen LogP contribution is 2.29. The van der Waals surface area contributed by atoms with E-state index in [1.54, 1.807) is 7.11 Å². The largest absolute Gasteiger partial charge is 0.496 e. The third-order valence-electron chi connectivity index (χ3n) is 2.98. The molecule has 21 heavy (non-hydrogen) atoms. The van der Waals surface area contributed by atoms with E-state index in [1.807, 2.05) is 32.0 Å². The third-order valence-corrected chi connectivity index (χ3v) is 3.85. The van der Waals surface area contributed by atoms with Gasteiger partial charge in [-0.25, -0.2) is 4.98 Å². The Kier molecular flexibility index (Phi) is 5.32. The molecule has 5 heteroatoms. The van der Waals surface area contributed by atoms with Crippen molar-refractivity contribution in [3.63, 3.8) is 0 Å². The second kappa shape index (κ2) is 7.21. The van der Waals surface area contributed by atoms with Gasteiger partial charge in [0.15, 0.2) is 0 Å². The Balaban J connectivity index is 2.16. The van der Waals surface area contributed by atoms with Crippen molar-refractivity contribution in [2.45, 2.75) is 24.8 Å². The quantitative estimate of drug-likeness (QED) is 0.695. The number of aromatic nitrogens is 1. The van der Waals surface area contributed by atoms with E-state index in [9.17, 15) is 0 Å². The molecule has 0 fully saturated rings. The lowest BCUT2D eigenvalue weighted by atomic mass is 10.1. The summed E-state index contributed by atoms with van der Waals surface area (Å²) >= 11 is 1.54. The van der Waals surface area contributed by atoms with Gasteiger partial charge in [-0.2, -0.15) is 0 Å². The molecular formula is C16H18N2O2S. The van der Waals surface area contributed by atoms with Gasteiger partial charge in [-0.3, -0.25) is 0 Å². The maximum atomic E-state index is 5.57. The minimum atomic E-state index is 0.352. The van der Waals surface area contributed by atoms with Crippen LogP contribution in [0.2, 0.25) is 0 Å². The highest BCUT2D eigenvalue weighted by Gasteiger charge is 2.09. The molecule has 110 valence electrons. The van der Waals surface area contributed by atoms with E-state index in [0.717, 1.165) is 28.3 Å². The molecule has 2 N–H and O–H groups in total.